The van der Waals surface area contributed by atoms with E-state index in [4.69, 9.17) is 4.74 Å². The maximum atomic E-state index is 5.18. The second-order valence-corrected chi connectivity index (χ2v) is 5.96. The minimum Gasteiger partial charge on any atom is -0.497 e. The smallest absolute Gasteiger partial charge is 0.119 e. The zero-order valence-corrected chi connectivity index (χ0v) is 13.8. The molecule has 0 atom stereocenters. The van der Waals surface area contributed by atoms with Crippen molar-refractivity contribution in [2.75, 3.05) is 45.2 Å². The molecule has 23 heavy (non-hydrogen) atoms. The van der Waals surface area contributed by atoms with Crippen LogP contribution in [0.3, 0.4) is 0 Å². The van der Waals surface area contributed by atoms with Gasteiger partial charge in [0.25, 0.3) is 0 Å². The highest BCUT2D eigenvalue weighted by atomic mass is 16.5. The number of piperazine rings is 1. The van der Waals surface area contributed by atoms with Crippen LogP contribution in [0.15, 0.2) is 53.5 Å². The number of nitrogens with one attached hydrogen (secondary N) is 1. The Bertz CT molecular complexity index is 659. The maximum Gasteiger partial charge on any atom is 0.119 e. The van der Waals surface area contributed by atoms with Gasteiger partial charge in [-0.25, -0.2) is 0 Å². The summed E-state index contributed by atoms with van der Waals surface area (Å²) in [6, 6.07) is 16.3. The molecule has 1 aliphatic heterocycles. The molecule has 0 saturated carbocycles. The maximum absolute atomic E-state index is 5.18. The largest absolute Gasteiger partial charge is 0.497 e. The molecule has 0 radical (unpaired) electrons. The van der Waals surface area contributed by atoms with Crippen LogP contribution < -0.4 is 14.5 Å². The molecule has 1 saturated heterocycles. The lowest BCUT2D eigenvalue weighted by molar-refractivity contribution is -0.880. The predicted molar refractivity (Wildman–Crippen MR) is 95.5 cm³/mol. The molecule has 1 heterocycles. The van der Waals surface area contributed by atoms with E-state index in [1.165, 1.54) is 24.3 Å². The van der Waals surface area contributed by atoms with Gasteiger partial charge >= 0.3 is 0 Å². The zero-order valence-electron chi connectivity index (χ0n) is 13.8. The summed E-state index contributed by atoms with van der Waals surface area (Å²) < 4.78 is 5.18. The van der Waals surface area contributed by atoms with Crippen LogP contribution in [0.5, 0.6) is 5.75 Å². The first kappa shape index (κ1) is 15.6. The third kappa shape index (κ3) is 3.90. The molecular formula is C19H24N3O+. The lowest BCUT2D eigenvalue weighted by Crippen LogP contribution is -3.12. The Morgan fingerprint density at radius 1 is 1.04 bits per heavy atom. The third-order valence-corrected chi connectivity index (χ3v) is 4.32. The fourth-order valence-electron chi connectivity index (χ4n) is 2.83. The second kappa shape index (κ2) is 7.29. The highest BCUT2D eigenvalue weighted by Crippen LogP contribution is 2.21. The Labute approximate surface area is 138 Å². The van der Waals surface area contributed by atoms with Gasteiger partial charge in [-0.15, -0.1) is 0 Å². The topological polar surface area (TPSA) is 29.3 Å². The molecule has 1 aliphatic rings. The van der Waals surface area contributed by atoms with Crippen molar-refractivity contribution in [3.05, 3.63) is 54.1 Å². The standard InChI is InChI=1S/C19H23N3O/c1-21-11-13-22(14-12-21)19-6-4-3-5-16(19)15-20-17-7-9-18(23-2)10-8-17/h3-10,15H,11-14H2,1-2H3/p+1. The van der Waals surface area contributed by atoms with Crippen LogP contribution in [0, 0.1) is 0 Å². The van der Waals surface area contributed by atoms with Crippen LogP contribution in [0.1, 0.15) is 5.56 Å². The molecule has 0 spiro atoms. The van der Waals surface area contributed by atoms with E-state index in [9.17, 15) is 0 Å². The average molecular weight is 310 g/mol. The Morgan fingerprint density at radius 2 is 1.74 bits per heavy atom. The van der Waals surface area contributed by atoms with Gasteiger partial charge in [0.05, 0.1) is 46.0 Å². The van der Waals surface area contributed by atoms with E-state index in [1.54, 1.807) is 12.0 Å². The summed E-state index contributed by atoms with van der Waals surface area (Å²) in [5, 5.41) is 0. The van der Waals surface area contributed by atoms with Crippen LogP contribution in [-0.2, 0) is 0 Å². The summed E-state index contributed by atoms with van der Waals surface area (Å²) in [5.74, 6) is 0.851. The quantitative estimate of drug-likeness (QED) is 0.872. The molecule has 0 bridgehead atoms. The summed E-state index contributed by atoms with van der Waals surface area (Å²) in [4.78, 5) is 8.67. The number of quaternary nitrogens is 1. The molecule has 4 heteroatoms. The van der Waals surface area contributed by atoms with Gasteiger partial charge in [0.1, 0.15) is 5.75 Å². The third-order valence-electron chi connectivity index (χ3n) is 4.32. The van der Waals surface area contributed by atoms with E-state index < -0.39 is 0 Å². The van der Waals surface area contributed by atoms with Crippen LogP contribution in [0.2, 0.25) is 0 Å². The number of hydrogen-bond acceptors (Lipinski definition) is 3. The predicted octanol–water partition coefficient (Wildman–Crippen LogP) is 1.78. The van der Waals surface area contributed by atoms with E-state index in [0.29, 0.717) is 0 Å². The van der Waals surface area contributed by atoms with Gasteiger partial charge in [0.15, 0.2) is 0 Å². The lowest BCUT2D eigenvalue weighted by atomic mass is 10.1. The minimum absolute atomic E-state index is 0.851. The fraction of sp³-hybridized carbons (Fsp3) is 0.316. The number of methoxy groups -OCH3 is 1. The number of aliphatic imine (C=N–C) groups is 1. The molecule has 0 unspecified atom stereocenters. The minimum atomic E-state index is 0.851. The number of nitrogens with zero attached hydrogens (tertiary/aromatic N) is 2. The van der Waals surface area contributed by atoms with Crippen LogP contribution in [-0.4, -0.2) is 46.6 Å². The molecule has 1 fully saturated rings. The number of hydrogen-bond donors (Lipinski definition) is 1. The molecule has 3 rings (SSSR count). The van der Waals surface area contributed by atoms with E-state index in [2.05, 4.69) is 41.2 Å². The first-order chi connectivity index (χ1) is 11.3. The van der Waals surface area contributed by atoms with Crippen LogP contribution >= 0.6 is 0 Å². The van der Waals surface area contributed by atoms with E-state index in [-0.39, 0.29) is 0 Å². The molecular weight excluding hydrogens is 286 g/mol. The van der Waals surface area contributed by atoms with Gasteiger partial charge in [-0.3, -0.25) is 4.99 Å². The number of likely N-dealkylation sites (N-methyl/N-ethyl adjacent to an activating group) is 1. The summed E-state index contributed by atoms with van der Waals surface area (Å²) in [5.41, 5.74) is 3.38. The van der Waals surface area contributed by atoms with Crippen LogP contribution in [0.25, 0.3) is 0 Å². The van der Waals surface area contributed by atoms with Gasteiger partial charge in [0, 0.05) is 17.5 Å². The number of benzene rings is 2. The molecule has 4 nitrogen and oxygen atoms in total. The van der Waals surface area contributed by atoms with Crippen molar-refractivity contribution in [2.24, 2.45) is 4.99 Å². The molecule has 0 amide bonds. The fourth-order valence-corrected chi connectivity index (χ4v) is 2.83. The summed E-state index contributed by atoms with van der Waals surface area (Å²) in [7, 11) is 3.93. The van der Waals surface area contributed by atoms with E-state index in [1.807, 2.05) is 30.5 Å². The number of rotatable bonds is 4. The Morgan fingerprint density at radius 3 is 2.43 bits per heavy atom. The zero-order chi connectivity index (χ0) is 16.1. The monoisotopic (exact) mass is 310 g/mol. The SMILES string of the molecule is COc1ccc(N=Cc2ccccc2N2CC[NH+](C)CC2)cc1. The van der Waals surface area contributed by atoms with Crippen molar-refractivity contribution in [1.82, 2.24) is 0 Å². The molecule has 1 N–H and O–H groups in total. The van der Waals surface area contributed by atoms with Crippen molar-refractivity contribution in [3.63, 3.8) is 0 Å². The summed E-state index contributed by atoms with van der Waals surface area (Å²) in [6.07, 6.45) is 1.96. The second-order valence-electron chi connectivity index (χ2n) is 5.96. The van der Waals surface area contributed by atoms with Gasteiger partial charge < -0.3 is 14.5 Å². The van der Waals surface area contributed by atoms with Crippen molar-refractivity contribution in [2.45, 2.75) is 0 Å². The highest BCUT2D eigenvalue weighted by Gasteiger charge is 2.18. The first-order valence-corrected chi connectivity index (χ1v) is 8.09. The number of ether oxygens (including phenoxy) is 1. The molecule has 120 valence electrons. The molecule has 2 aromatic carbocycles. The lowest BCUT2D eigenvalue weighted by Gasteiger charge is -2.32. The van der Waals surface area contributed by atoms with Crippen molar-refractivity contribution >= 4 is 17.6 Å². The average Bonchev–Trinajstić information content (AvgIpc) is 2.61. The number of anilines is 1. The van der Waals surface area contributed by atoms with Crippen molar-refractivity contribution < 1.29 is 9.64 Å². The van der Waals surface area contributed by atoms with Gasteiger partial charge in [-0.05, 0) is 30.3 Å². The molecule has 0 aliphatic carbocycles. The van der Waals surface area contributed by atoms with Gasteiger partial charge in [0.2, 0.25) is 0 Å². The summed E-state index contributed by atoms with van der Waals surface area (Å²) >= 11 is 0. The van der Waals surface area contributed by atoms with Crippen molar-refractivity contribution in [3.8, 4) is 5.75 Å². The Balaban J connectivity index is 1.78. The summed E-state index contributed by atoms with van der Waals surface area (Å²) in [6.45, 7) is 4.56. The van der Waals surface area contributed by atoms with Gasteiger partial charge in [-0.2, -0.15) is 0 Å². The molecule has 0 aromatic heterocycles. The normalized spacial score (nSPS) is 16.0. The Kier molecular flexibility index (Phi) is 4.93. The molecule has 2 aromatic rings. The highest BCUT2D eigenvalue weighted by molar-refractivity contribution is 5.89. The first-order valence-electron chi connectivity index (χ1n) is 8.09. The van der Waals surface area contributed by atoms with E-state index >= 15 is 0 Å². The van der Waals surface area contributed by atoms with E-state index in [0.717, 1.165) is 24.5 Å². The van der Waals surface area contributed by atoms with Crippen molar-refractivity contribution in [1.29, 1.82) is 0 Å². The number of para-hydroxylation sites is 1. The van der Waals surface area contributed by atoms with Gasteiger partial charge in [-0.1, -0.05) is 18.2 Å². The Hall–Kier alpha value is -2.33. The van der Waals surface area contributed by atoms with Crippen LogP contribution in [0.4, 0.5) is 11.4 Å².